The molecule has 7 nitrogen and oxygen atoms in total. The van der Waals surface area contributed by atoms with E-state index >= 15 is 0 Å². The second-order valence-corrected chi connectivity index (χ2v) is 12.1. The van der Waals surface area contributed by atoms with Gasteiger partial charge in [-0.1, -0.05) is 13.8 Å². The normalized spacial score (nSPS) is 64.1. The van der Waals surface area contributed by atoms with Crippen molar-refractivity contribution in [2.45, 2.75) is 81.2 Å². The largest absolute Gasteiger partial charge is 0.390 e. The van der Waals surface area contributed by atoms with Crippen LogP contribution < -0.4 is 0 Å². The standard InChI is InChI=1S/C25H39NO6/c1-6-26-11-22(2)8-7-16(29-4)24-14-9-13-15(28-3)10-23(17(14)18(13)30-5)25(21(24)26,32-12-31-23)20(27)19(22)24/h13-21,27H,6-12H2,1-5H3/t13-,14-,15+,16+,17-,18?,19-,20+,21?,22+,23-,24?,25?/m1/s1. The van der Waals surface area contributed by atoms with E-state index in [9.17, 15) is 5.11 Å². The average molecular weight is 450 g/mol. The van der Waals surface area contributed by atoms with Crippen molar-refractivity contribution in [2.24, 2.45) is 34.5 Å². The minimum atomic E-state index is -0.767. The van der Waals surface area contributed by atoms with E-state index in [1.54, 1.807) is 0 Å². The van der Waals surface area contributed by atoms with Crippen LogP contribution in [0.3, 0.4) is 0 Å². The lowest BCUT2D eigenvalue weighted by Gasteiger charge is -2.69. The Balaban J connectivity index is 1.56. The lowest BCUT2D eigenvalue weighted by atomic mass is 9.43. The van der Waals surface area contributed by atoms with E-state index in [2.05, 4.69) is 18.7 Å². The van der Waals surface area contributed by atoms with Crippen molar-refractivity contribution >= 4 is 0 Å². The third-order valence-corrected chi connectivity index (χ3v) is 11.8. The Hall–Kier alpha value is -0.280. The van der Waals surface area contributed by atoms with Crippen LogP contribution in [-0.4, -0.2) is 92.9 Å². The SMILES string of the molecule is CCN1C[C@]2(C)CC[C@H](OC)C34C1C1(OCO[C@@]15C[C@H](OC)[C@H]1C[C@@H]3[C@@H]5C1OC)[C@@H](O)[C@@H]42. The molecule has 2 saturated heterocycles. The van der Waals surface area contributed by atoms with Crippen LogP contribution in [0.5, 0.6) is 0 Å². The maximum Gasteiger partial charge on any atom is 0.148 e. The fraction of sp³-hybridized carbons (Fsp3) is 1.00. The van der Waals surface area contributed by atoms with Crippen molar-refractivity contribution < 1.29 is 28.8 Å². The second kappa shape index (κ2) is 6.28. The summed E-state index contributed by atoms with van der Waals surface area (Å²) in [6.45, 7) is 6.87. The topological polar surface area (TPSA) is 69.6 Å². The van der Waals surface area contributed by atoms with Crippen molar-refractivity contribution in [3.8, 4) is 0 Å². The van der Waals surface area contributed by atoms with E-state index in [1.807, 2.05) is 21.3 Å². The fourth-order valence-electron chi connectivity index (χ4n) is 11.5. The maximum atomic E-state index is 12.4. The first-order valence-corrected chi connectivity index (χ1v) is 12.7. The summed E-state index contributed by atoms with van der Waals surface area (Å²) < 4.78 is 32.2. The van der Waals surface area contributed by atoms with Gasteiger partial charge in [-0.2, -0.15) is 0 Å². The van der Waals surface area contributed by atoms with E-state index in [4.69, 9.17) is 23.7 Å². The van der Waals surface area contributed by atoms with Crippen LogP contribution >= 0.6 is 0 Å². The molecule has 7 aliphatic rings. The molecular weight excluding hydrogens is 410 g/mol. The van der Waals surface area contributed by atoms with E-state index < -0.39 is 17.3 Å². The molecule has 2 heterocycles. The zero-order valence-electron chi connectivity index (χ0n) is 20.1. The van der Waals surface area contributed by atoms with Crippen LogP contribution in [0.15, 0.2) is 0 Å². The number of rotatable bonds is 4. The summed E-state index contributed by atoms with van der Waals surface area (Å²) in [7, 11) is 5.54. The monoisotopic (exact) mass is 449 g/mol. The van der Waals surface area contributed by atoms with Crippen molar-refractivity contribution in [1.82, 2.24) is 4.90 Å². The summed E-state index contributed by atoms with van der Waals surface area (Å²) in [4.78, 5) is 2.64. The quantitative estimate of drug-likeness (QED) is 0.700. The molecule has 13 atom stereocenters. The van der Waals surface area contributed by atoms with Gasteiger partial charge in [0, 0.05) is 57.5 Å². The maximum absolute atomic E-state index is 12.4. The van der Waals surface area contributed by atoms with Crippen LogP contribution in [0.1, 0.15) is 39.5 Å². The summed E-state index contributed by atoms with van der Waals surface area (Å²) in [5.41, 5.74) is -1.48. The highest BCUT2D eigenvalue weighted by molar-refractivity contribution is 5.42. The fourth-order valence-corrected chi connectivity index (χ4v) is 11.5. The molecular formula is C25H39NO6. The lowest BCUT2D eigenvalue weighted by molar-refractivity contribution is -0.282. The van der Waals surface area contributed by atoms with Gasteiger partial charge in [-0.05, 0) is 37.1 Å². The second-order valence-electron chi connectivity index (χ2n) is 12.1. The third kappa shape index (κ3) is 1.80. The summed E-state index contributed by atoms with van der Waals surface area (Å²) >= 11 is 0. The van der Waals surface area contributed by atoms with Crippen molar-refractivity contribution in [2.75, 3.05) is 41.2 Å². The first kappa shape index (κ1) is 21.0. The van der Waals surface area contributed by atoms with Gasteiger partial charge in [-0.15, -0.1) is 0 Å². The molecule has 7 heteroatoms. The van der Waals surface area contributed by atoms with Gasteiger partial charge in [0.05, 0.1) is 30.5 Å². The highest BCUT2D eigenvalue weighted by atomic mass is 16.7. The van der Waals surface area contributed by atoms with Crippen LogP contribution in [-0.2, 0) is 23.7 Å². The zero-order valence-corrected chi connectivity index (χ0v) is 20.1. The van der Waals surface area contributed by atoms with Gasteiger partial charge in [0.25, 0.3) is 0 Å². The molecule has 0 radical (unpaired) electrons. The van der Waals surface area contributed by atoms with Crippen LogP contribution in [0.25, 0.3) is 0 Å². The Morgan fingerprint density at radius 3 is 2.62 bits per heavy atom. The molecule has 2 aliphatic heterocycles. The molecule has 32 heavy (non-hydrogen) atoms. The minimum absolute atomic E-state index is 0.0392. The number of nitrogens with zero attached hydrogens (tertiary/aromatic N) is 1. The molecule has 0 aromatic heterocycles. The minimum Gasteiger partial charge on any atom is -0.390 e. The summed E-state index contributed by atoms with van der Waals surface area (Å²) in [5, 5.41) is 12.4. The Kier molecular flexibility index (Phi) is 4.13. The van der Waals surface area contributed by atoms with Crippen LogP contribution in [0, 0.1) is 34.5 Å². The molecule has 7 fully saturated rings. The summed E-state index contributed by atoms with van der Waals surface area (Å²) in [6, 6.07) is 0.0916. The number of aliphatic hydroxyl groups is 1. The van der Waals surface area contributed by atoms with Gasteiger partial charge in [-0.25, -0.2) is 0 Å². The molecule has 0 aromatic carbocycles. The van der Waals surface area contributed by atoms with E-state index in [0.29, 0.717) is 11.8 Å². The van der Waals surface area contributed by atoms with E-state index in [1.165, 1.54) is 0 Å². The number of hydrogen-bond acceptors (Lipinski definition) is 7. The predicted molar refractivity (Wildman–Crippen MR) is 115 cm³/mol. The number of hydrogen-bond donors (Lipinski definition) is 1. The zero-order chi connectivity index (χ0) is 22.3. The van der Waals surface area contributed by atoms with Crippen LogP contribution in [0.2, 0.25) is 0 Å². The Morgan fingerprint density at radius 2 is 1.94 bits per heavy atom. The number of ether oxygens (including phenoxy) is 5. The highest BCUT2D eigenvalue weighted by Gasteiger charge is 2.93. The molecule has 180 valence electrons. The molecule has 0 amide bonds. The van der Waals surface area contributed by atoms with Crippen LogP contribution in [0.4, 0.5) is 0 Å². The molecule has 4 unspecified atom stereocenters. The number of likely N-dealkylation sites (N-methyl/N-ethyl adjacent to an activating group) is 1. The first-order chi connectivity index (χ1) is 15.4. The van der Waals surface area contributed by atoms with Gasteiger partial charge in [0.2, 0.25) is 0 Å². The van der Waals surface area contributed by atoms with E-state index in [0.717, 1.165) is 38.8 Å². The Morgan fingerprint density at radius 1 is 1.12 bits per heavy atom. The van der Waals surface area contributed by atoms with E-state index in [-0.39, 0.29) is 53.8 Å². The number of likely N-dealkylation sites (tertiary alicyclic amines) is 1. The molecule has 7 bridgehead atoms. The first-order valence-electron chi connectivity index (χ1n) is 12.7. The summed E-state index contributed by atoms with van der Waals surface area (Å²) in [5.74, 6) is 1.05. The number of aliphatic hydroxyl groups excluding tert-OH is 1. The van der Waals surface area contributed by atoms with Crippen molar-refractivity contribution in [3.63, 3.8) is 0 Å². The van der Waals surface area contributed by atoms with Gasteiger partial charge in [0.1, 0.15) is 18.0 Å². The van der Waals surface area contributed by atoms with Gasteiger partial charge in [-0.3, -0.25) is 4.90 Å². The molecule has 0 aromatic rings. The smallest absolute Gasteiger partial charge is 0.148 e. The molecule has 5 saturated carbocycles. The predicted octanol–water partition coefficient (Wildman–Crippen LogP) is 1.66. The Bertz CT molecular complexity index is 826. The van der Waals surface area contributed by atoms with Crippen molar-refractivity contribution in [1.29, 1.82) is 0 Å². The number of methoxy groups -OCH3 is 3. The van der Waals surface area contributed by atoms with Crippen molar-refractivity contribution in [3.05, 3.63) is 0 Å². The average Bonchev–Trinajstić information content (AvgIpc) is 3.37. The Labute approximate surface area is 191 Å². The van der Waals surface area contributed by atoms with Gasteiger partial charge < -0.3 is 28.8 Å². The van der Waals surface area contributed by atoms with Gasteiger partial charge in [0.15, 0.2) is 0 Å². The molecule has 1 N–H and O–H groups in total. The third-order valence-electron chi connectivity index (χ3n) is 11.8. The molecule has 5 aliphatic carbocycles. The number of fused-ring (bicyclic) bond motifs is 1. The molecule has 7 rings (SSSR count). The number of piperidine rings is 1. The lowest BCUT2D eigenvalue weighted by Crippen LogP contribution is -2.80. The highest BCUT2D eigenvalue weighted by Crippen LogP contribution is 2.82. The molecule has 3 spiro atoms. The van der Waals surface area contributed by atoms with Gasteiger partial charge >= 0.3 is 0 Å². The summed E-state index contributed by atoms with van der Waals surface area (Å²) in [6.07, 6.45) is 3.60.